The first-order valence-electron chi connectivity index (χ1n) is 8.60. The molecule has 1 aromatic rings. The van der Waals surface area contributed by atoms with Gasteiger partial charge in [-0.15, -0.1) is 0 Å². The van der Waals surface area contributed by atoms with E-state index in [9.17, 15) is 4.79 Å². The van der Waals surface area contributed by atoms with Crippen LogP contribution in [-0.4, -0.2) is 55.1 Å². The van der Waals surface area contributed by atoms with Crippen LogP contribution in [0.25, 0.3) is 0 Å². The summed E-state index contributed by atoms with van der Waals surface area (Å²) in [6.45, 7) is 7.92. The number of benzene rings is 1. The summed E-state index contributed by atoms with van der Waals surface area (Å²) in [5.74, 6) is 2.97. The van der Waals surface area contributed by atoms with E-state index in [0.717, 1.165) is 50.6 Å². The number of amides is 1. The van der Waals surface area contributed by atoms with Crippen LogP contribution in [0.15, 0.2) is 18.2 Å². The molecule has 0 unspecified atom stereocenters. The summed E-state index contributed by atoms with van der Waals surface area (Å²) < 4.78 is 11.2. The third-order valence-corrected chi connectivity index (χ3v) is 5.12. The van der Waals surface area contributed by atoms with Gasteiger partial charge in [-0.25, -0.2) is 0 Å². The van der Waals surface area contributed by atoms with Crippen LogP contribution in [0.2, 0.25) is 0 Å². The maximum atomic E-state index is 12.3. The van der Waals surface area contributed by atoms with Crippen LogP contribution in [0.5, 0.6) is 11.5 Å². The predicted molar refractivity (Wildman–Crippen MR) is 86.6 cm³/mol. The molecule has 23 heavy (non-hydrogen) atoms. The quantitative estimate of drug-likeness (QED) is 0.852. The lowest BCUT2D eigenvalue weighted by Gasteiger charge is -2.35. The van der Waals surface area contributed by atoms with Gasteiger partial charge in [0.2, 0.25) is 5.91 Å². The number of hydrogen-bond acceptors (Lipinski definition) is 4. The highest BCUT2D eigenvalue weighted by atomic mass is 16.6. The van der Waals surface area contributed by atoms with Gasteiger partial charge in [-0.1, -0.05) is 13.0 Å². The summed E-state index contributed by atoms with van der Waals surface area (Å²) in [4.78, 5) is 16.7. The molecule has 1 saturated carbocycles. The van der Waals surface area contributed by atoms with E-state index in [1.54, 1.807) is 0 Å². The number of hydrogen-bond donors (Lipinski definition) is 0. The monoisotopic (exact) mass is 316 g/mol. The van der Waals surface area contributed by atoms with Gasteiger partial charge in [0, 0.05) is 38.6 Å². The van der Waals surface area contributed by atoms with Crippen molar-refractivity contribution in [3.8, 4) is 11.5 Å². The first-order chi connectivity index (χ1) is 11.2. The van der Waals surface area contributed by atoms with E-state index in [-0.39, 0.29) is 0 Å². The largest absolute Gasteiger partial charge is 0.486 e. The Labute approximate surface area is 137 Å². The minimum atomic E-state index is 0.305. The van der Waals surface area contributed by atoms with Crippen molar-refractivity contribution >= 4 is 5.91 Å². The standard InChI is InChI=1S/C18H24N2O3/c1-13-10-15(13)18(21)20-6-4-19(5-7-20)12-14-2-3-16-17(11-14)23-9-8-22-16/h2-3,11,13,15H,4-10,12H2,1H3/t13-,15+/m0/s1. The van der Waals surface area contributed by atoms with E-state index in [0.29, 0.717) is 31.0 Å². The number of fused-ring (bicyclic) bond motifs is 1. The van der Waals surface area contributed by atoms with Crippen molar-refractivity contribution in [2.24, 2.45) is 11.8 Å². The van der Waals surface area contributed by atoms with Crippen molar-refractivity contribution in [3.63, 3.8) is 0 Å². The molecular weight excluding hydrogens is 292 g/mol. The average Bonchev–Trinajstić information content (AvgIpc) is 3.32. The summed E-state index contributed by atoms with van der Waals surface area (Å²) >= 11 is 0. The molecular formula is C18H24N2O3. The number of piperazine rings is 1. The van der Waals surface area contributed by atoms with E-state index in [4.69, 9.17) is 9.47 Å². The van der Waals surface area contributed by atoms with Gasteiger partial charge in [-0.3, -0.25) is 9.69 Å². The lowest BCUT2D eigenvalue weighted by Crippen LogP contribution is -2.48. The normalized spacial score (nSPS) is 26.9. The van der Waals surface area contributed by atoms with Crippen LogP contribution in [0.4, 0.5) is 0 Å². The second-order valence-electron chi connectivity index (χ2n) is 6.90. The fraction of sp³-hybridized carbons (Fsp3) is 0.611. The molecule has 0 radical (unpaired) electrons. The van der Waals surface area contributed by atoms with Crippen LogP contribution < -0.4 is 9.47 Å². The minimum Gasteiger partial charge on any atom is -0.486 e. The molecule has 3 aliphatic rings. The topological polar surface area (TPSA) is 42.0 Å². The van der Waals surface area contributed by atoms with Gasteiger partial charge in [-0.2, -0.15) is 0 Å². The lowest BCUT2D eigenvalue weighted by atomic mass is 10.1. The molecule has 0 spiro atoms. The highest BCUT2D eigenvalue weighted by molar-refractivity contribution is 5.81. The Hall–Kier alpha value is -1.75. The summed E-state index contributed by atoms with van der Waals surface area (Å²) in [5, 5.41) is 0. The molecule has 2 heterocycles. The molecule has 2 aliphatic heterocycles. The van der Waals surface area contributed by atoms with Gasteiger partial charge >= 0.3 is 0 Å². The number of ether oxygens (including phenoxy) is 2. The smallest absolute Gasteiger partial charge is 0.226 e. The van der Waals surface area contributed by atoms with Crippen molar-refractivity contribution in [2.75, 3.05) is 39.4 Å². The SMILES string of the molecule is C[C@H]1C[C@H]1C(=O)N1CCN(Cc2ccc3c(c2)OCCO3)CC1. The number of carbonyl (C=O) groups excluding carboxylic acids is 1. The van der Waals surface area contributed by atoms with Crippen LogP contribution in [0, 0.1) is 11.8 Å². The van der Waals surface area contributed by atoms with Gasteiger partial charge in [-0.05, 0) is 30.0 Å². The number of rotatable bonds is 3. The molecule has 1 amide bonds. The number of nitrogens with zero attached hydrogens (tertiary/aromatic N) is 2. The summed E-state index contributed by atoms with van der Waals surface area (Å²) in [7, 11) is 0. The van der Waals surface area contributed by atoms with Gasteiger partial charge in [0.25, 0.3) is 0 Å². The van der Waals surface area contributed by atoms with Crippen molar-refractivity contribution in [3.05, 3.63) is 23.8 Å². The summed E-state index contributed by atoms with van der Waals surface area (Å²) in [6.07, 6.45) is 1.08. The Balaban J connectivity index is 1.32. The Kier molecular flexibility index (Phi) is 3.89. The fourth-order valence-electron chi connectivity index (χ4n) is 3.47. The molecule has 5 heteroatoms. The van der Waals surface area contributed by atoms with E-state index in [1.807, 2.05) is 6.07 Å². The van der Waals surface area contributed by atoms with Gasteiger partial charge < -0.3 is 14.4 Å². The van der Waals surface area contributed by atoms with Gasteiger partial charge in [0.1, 0.15) is 13.2 Å². The van der Waals surface area contributed by atoms with Crippen LogP contribution >= 0.6 is 0 Å². The maximum Gasteiger partial charge on any atom is 0.226 e. The van der Waals surface area contributed by atoms with Gasteiger partial charge in [0.15, 0.2) is 11.5 Å². The van der Waals surface area contributed by atoms with Crippen molar-refractivity contribution in [2.45, 2.75) is 19.9 Å². The molecule has 1 saturated heterocycles. The minimum absolute atomic E-state index is 0.305. The first kappa shape index (κ1) is 14.8. The van der Waals surface area contributed by atoms with Crippen molar-refractivity contribution < 1.29 is 14.3 Å². The third-order valence-electron chi connectivity index (χ3n) is 5.12. The molecule has 0 aromatic heterocycles. The average molecular weight is 316 g/mol. The Morgan fingerprint density at radius 1 is 1.13 bits per heavy atom. The molecule has 4 rings (SSSR count). The Morgan fingerprint density at radius 3 is 2.52 bits per heavy atom. The molecule has 2 fully saturated rings. The van der Waals surface area contributed by atoms with E-state index in [1.165, 1.54) is 5.56 Å². The highest BCUT2D eigenvalue weighted by Crippen LogP contribution is 2.39. The predicted octanol–water partition coefficient (Wildman–Crippen LogP) is 1.76. The second-order valence-corrected chi connectivity index (χ2v) is 6.90. The number of carbonyl (C=O) groups is 1. The van der Waals surface area contributed by atoms with Crippen LogP contribution in [0.3, 0.4) is 0 Å². The second kappa shape index (κ2) is 6.04. The van der Waals surface area contributed by atoms with Crippen LogP contribution in [-0.2, 0) is 11.3 Å². The Morgan fingerprint density at radius 2 is 1.83 bits per heavy atom. The zero-order valence-corrected chi connectivity index (χ0v) is 13.7. The fourth-order valence-corrected chi connectivity index (χ4v) is 3.47. The summed E-state index contributed by atoms with van der Waals surface area (Å²) in [6, 6.07) is 6.19. The van der Waals surface area contributed by atoms with E-state index < -0.39 is 0 Å². The molecule has 0 N–H and O–H groups in total. The van der Waals surface area contributed by atoms with E-state index >= 15 is 0 Å². The maximum absolute atomic E-state index is 12.3. The molecule has 1 aromatic carbocycles. The molecule has 124 valence electrons. The van der Waals surface area contributed by atoms with Crippen molar-refractivity contribution in [1.29, 1.82) is 0 Å². The third kappa shape index (κ3) is 3.15. The zero-order chi connectivity index (χ0) is 15.8. The van der Waals surface area contributed by atoms with Crippen molar-refractivity contribution in [1.82, 2.24) is 9.80 Å². The van der Waals surface area contributed by atoms with E-state index in [2.05, 4.69) is 28.9 Å². The summed E-state index contributed by atoms with van der Waals surface area (Å²) in [5.41, 5.74) is 1.24. The zero-order valence-electron chi connectivity index (χ0n) is 13.7. The highest BCUT2D eigenvalue weighted by Gasteiger charge is 2.41. The van der Waals surface area contributed by atoms with Crippen LogP contribution in [0.1, 0.15) is 18.9 Å². The Bertz CT molecular complexity index is 596. The van der Waals surface area contributed by atoms with Gasteiger partial charge in [0.05, 0.1) is 0 Å². The molecule has 1 aliphatic carbocycles. The lowest BCUT2D eigenvalue weighted by molar-refractivity contribution is -0.134. The molecule has 2 atom stereocenters. The molecule has 5 nitrogen and oxygen atoms in total. The first-order valence-corrected chi connectivity index (χ1v) is 8.60. The molecule has 0 bridgehead atoms.